The summed E-state index contributed by atoms with van der Waals surface area (Å²) >= 11 is 7.94. The van der Waals surface area contributed by atoms with Crippen molar-refractivity contribution in [2.24, 2.45) is 0 Å². The predicted molar refractivity (Wildman–Crippen MR) is 83.8 cm³/mol. The second-order valence-electron chi connectivity index (χ2n) is 4.45. The Morgan fingerprint density at radius 2 is 1.63 bits per heavy atom. The summed E-state index contributed by atoms with van der Waals surface area (Å²) in [4.78, 5) is 0. The molecule has 0 aliphatic rings. The fourth-order valence-electron chi connectivity index (χ4n) is 2.14. The molecule has 3 rings (SSSR count). The Morgan fingerprint density at radius 1 is 0.895 bits per heavy atom. The maximum Gasteiger partial charge on any atom is 0.0450 e. The minimum Gasteiger partial charge on any atom is -0.309 e. The minimum absolute atomic E-state index is 0.795. The summed E-state index contributed by atoms with van der Waals surface area (Å²) in [5.74, 6) is 0. The molecule has 3 heteroatoms. The fraction of sp³-hybridized carbons (Fsp3) is 0.125. The summed E-state index contributed by atoms with van der Waals surface area (Å²) in [5.41, 5.74) is 2.50. The zero-order chi connectivity index (χ0) is 13.1. The van der Waals surface area contributed by atoms with Gasteiger partial charge in [-0.15, -0.1) is 11.3 Å². The van der Waals surface area contributed by atoms with Crippen LogP contribution in [0.1, 0.15) is 11.1 Å². The normalized spacial score (nSPS) is 11.0. The van der Waals surface area contributed by atoms with Gasteiger partial charge in [0.15, 0.2) is 0 Å². The van der Waals surface area contributed by atoms with E-state index in [1.165, 1.54) is 15.6 Å². The van der Waals surface area contributed by atoms with Crippen LogP contribution in [0.4, 0.5) is 0 Å². The summed E-state index contributed by atoms with van der Waals surface area (Å²) in [6.07, 6.45) is 0. The van der Waals surface area contributed by atoms with Crippen molar-refractivity contribution in [1.29, 1.82) is 0 Å². The third-order valence-electron chi connectivity index (χ3n) is 3.15. The number of rotatable bonds is 4. The Hall–Kier alpha value is -1.35. The lowest BCUT2D eigenvalue weighted by atomic mass is 10.1. The molecule has 1 nitrogen and oxygen atoms in total. The molecule has 0 aliphatic carbocycles. The van der Waals surface area contributed by atoms with Gasteiger partial charge in [-0.05, 0) is 34.0 Å². The Balaban J connectivity index is 1.68. The average molecular weight is 288 g/mol. The summed E-state index contributed by atoms with van der Waals surface area (Å²) in [5, 5.41) is 7.86. The van der Waals surface area contributed by atoms with Gasteiger partial charge >= 0.3 is 0 Å². The highest BCUT2D eigenvalue weighted by Crippen LogP contribution is 2.25. The molecule has 0 aliphatic heterocycles. The van der Waals surface area contributed by atoms with Crippen molar-refractivity contribution in [3.05, 3.63) is 70.1 Å². The lowest BCUT2D eigenvalue weighted by Crippen LogP contribution is -2.12. The Kier molecular flexibility index (Phi) is 3.83. The van der Waals surface area contributed by atoms with E-state index in [0.717, 1.165) is 23.7 Å². The van der Waals surface area contributed by atoms with E-state index in [-0.39, 0.29) is 0 Å². The molecule has 96 valence electrons. The Morgan fingerprint density at radius 3 is 2.53 bits per heavy atom. The van der Waals surface area contributed by atoms with E-state index >= 15 is 0 Å². The molecule has 0 spiro atoms. The van der Waals surface area contributed by atoms with Crippen LogP contribution in [0.2, 0.25) is 5.02 Å². The van der Waals surface area contributed by atoms with Crippen molar-refractivity contribution in [2.75, 3.05) is 0 Å². The highest BCUT2D eigenvalue weighted by atomic mass is 35.5. The van der Waals surface area contributed by atoms with Crippen LogP contribution in [0.25, 0.3) is 10.1 Å². The van der Waals surface area contributed by atoms with Gasteiger partial charge in [0, 0.05) is 22.8 Å². The zero-order valence-electron chi connectivity index (χ0n) is 10.4. The van der Waals surface area contributed by atoms with Crippen molar-refractivity contribution in [3.63, 3.8) is 0 Å². The first kappa shape index (κ1) is 12.7. The van der Waals surface area contributed by atoms with E-state index in [0.29, 0.717) is 0 Å². The minimum atomic E-state index is 0.795. The molecule has 0 radical (unpaired) electrons. The van der Waals surface area contributed by atoms with Crippen LogP contribution in [0.5, 0.6) is 0 Å². The van der Waals surface area contributed by atoms with Crippen LogP contribution in [-0.2, 0) is 13.1 Å². The van der Waals surface area contributed by atoms with E-state index in [9.17, 15) is 0 Å². The molecule has 0 amide bonds. The van der Waals surface area contributed by atoms with Crippen molar-refractivity contribution in [1.82, 2.24) is 5.32 Å². The number of hydrogen-bond donors (Lipinski definition) is 1. The van der Waals surface area contributed by atoms with Gasteiger partial charge in [0.25, 0.3) is 0 Å². The van der Waals surface area contributed by atoms with E-state index in [1.54, 1.807) is 11.3 Å². The molecule has 0 unspecified atom stereocenters. The summed E-state index contributed by atoms with van der Waals surface area (Å²) < 4.78 is 1.34. The number of fused-ring (bicyclic) bond motifs is 1. The summed E-state index contributed by atoms with van der Waals surface area (Å²) in [7, 11) is 0. The molecular formula is C16H14ClNS. The van der Waals surface area contributed by atoms with Gasteiger partial charge < -0.3 is 5.32 Å². The van der Waals surface area contributed by atoms with Crippen LogP contribution in [0.15, 0.2) is 53.9 Å². The van der Waals surface area contributed by atoms with Gasteiger partial charge in [0.2, 0.25) is 0 Å². The number of nitrogens with one attached hydrogen (secondary N) is 1. The smallest absolute Gasteiger partial charge is 0.0450 e. The Bertz CT molecular complexity index is 690. The van der Waals surface area contributed by atoms with E-state index in [4.69, 9.17) is 11.6 Å². The SMILES string of the molecule is Clc1ccccc1CNCc1csc2ccccc12. The molecule has 1 heterocycles. The molecule has 1 N–H and O–H groups in total. The van der Waals surface area contributed by atoms with Crippen LogP contribution < -0.4 is 5.32 Å². The average Bonchev–Trinajstić information content (AvgIpc) is 2.85. The second-order valence-corrected chi connectivity index (χ2v) is 5.77. The summed E-state index contributed by atoms with van der Waals surface area (Å²) in [6.45, 7) is 1.67. The van der Waals surface area contributed by atoms with Gasteiger partial charge in [-0.2, -0.15) is 0 Å². The molecule has 19 heavy (non-hydrogen) atoms. The molecular weight excluding hydrogens is 274 g/mol. The fourth-order valence-corrected chi connectivity index (χ4v) is 3.31. The van der Waals surface area contributed by atoms with Crippen molar-refractivity contribution < 1.29 is 0 Å². The van der Waals surface area contributed by atoms with Crippen molar-refractivity contribution in [2.45, 2.75) is 13.1 Å². The molecule has 0 saturated heterocycles. The van der Waals surface area contributed by atoms with Crippen molar-refractivity contribution in [3.8, 4) is 0 Å². The largest absolute Gasteiger partial charge is 0.309 e. The van der Waals surface area contributed by atoms with Gasteiger partial charge in [0.1, 0.15) is 0 Å². The highest BCUT2D eigenvalue weighted by molar-refractivity contribution is 7.17. The maximum absolute atomic E-state index is 6.14. The third kappa shape index (κ3) is 2.81. The zero-order valence-corrected chi connectivity index (χ0v) is 12.0. The van der Waals surface area contributed by atoms with Gasteiger partial charge in [-0.3, -0.25) is 0 Å². The standard InChI is InChI=1S/C16H14ClNS/c17-15-7-3-1-5-12(15)9-18-10-13-11-19-16-8-4-2-6-14(13)16/h1-8,11,18H,9-10H2. The van der Waals surface area contributed by atoms with Crippen LogP contribution in [-0.4, -0.2) is 0 Å². The molecule has 0 fully saturated rings. The number of thiophene rings is 1. The quantitative estimate of drug-likeness (QED) is 0.724. The van der Waals surface area contributed by atoms with E-state index < -0.39 is 0 Å². The maximum atomic E-state index is 6.14. The third-order valence-corrected chi connectivity index (χ3v) is 4.53. The Labute approximate surface area is 121 Å². The molecule has 0 bridgehead atoms. The number of benzene rings is 2. The summed E-state index contributed by atoms with van der Waals surface area (Å²) in [6, 6.07) is 16.5. The number of halogens is 1. The number of hydrogen-bond acceptors (Lipinski definition) is 2. The monoisotopic (exact) mass is 287 g/mol. The second kappa shape index (κ2) is 5.74. The van der Waals surface area contributed by atoms with Crippen molar-refractivity contribution >= 4 is 33.0 Å². The van der Waals surface area contributed by atoms with Gasteiger partial charge in [-0.25, -0.2) is 0 Å². The molecule has 2 aromatic carbocycles. The lowest BCUT2D eigenvalue weighted by Gasteiger charge is -2.06. The predicted octanol–water partition coefficient (Wildman–Crippen LogP) is 4.84. The van der Waals surface area contributed by atoms with Crippen LogP contribution >= 0.6 is 22.9 Å². The van der Waals surface area contributed by atoms with Crippen LogP contribution in [0, 0.1) is 0 Å². The lowest BCUT2D eigenvalue weighted by molar-refractivity contribution is 0.698. The first-order valence-corrected chi connectivity index (χ1v) is 7.49. The van der Waals surface area contributed by atoms with E-state index in [1.807, 2.05) is 18.2 Å². The topological polar surface area (TPSA) is 12.0 Å². The first-order valence-electron chi connectivity index (χ1n) is 6.24. The van der Waals surface area contributed by atoms with Gasteiger partial charge in [0.05, 0.1) is 0 Å². The first-order chi connectivity index (χ1) is 9.34. The molecule has 0 atom stereocenters. The molecule has 1 aromatic heterocycles. The molecule has 0 saturated carbocycles. The van der Waals surface area contributed by atoms with E-state index in [2.05, 4.69) is 41.0 Å². The highest BCUT2D eigenvalue weighted by Gasteiger charge is 2.03. The van der Waals surface area contributed by atoms with Crippen LogP contribution in [0.3, 0.4) is 0 Å². The van der Waals surface area contributed by atoms with Gasteiger partial charge in [-0.1, -0.05) is 48.0 Å². The molecule has 3 aromatic rings.